The van der Waals surface area contributed by atoms with Gasteiger partial charge in [-0.1, -0.05) is 0 Å². The Kier molecular flexibility index (Phi) is 3.78. The first-order chi connectivity index (χ1) is 9.70. The predicted molar refractivity (Wildman–Crippen MR) is 77.9 cm³/mol. The summed E-state index contributed by atoms with van der Waals surface area (Å²) in [5.41, 5.74) is -1.02. The molecule has 0 spiro atoms. The summed E-state index contributed by atoms with van der Waals surface area (Å²) in [5.74, 6) is -0.736. The van der Waals surface area contributed by atoms with Gasteiger partial charge in [-0.3, -0.25) is 15.1 Å². The number of halogens is 1. The van der Waals surface area contributed by atoms with Crippen LogP contribution in [0.1, 0.15) is 13.8 Å². The summed E-state index contributed by atoms with van der Waals surface area (Å²) in [6.45, 7) is 3.36. The van der Waals surface area contributed by atoms with Crippen molar-refractivity contribution in [2.45, 2.75) is 19.4 Å². The number of hydrogen-bond acceptors (Lipinski definition) is 5. The van der Waals surface area contributed by atoms with Crippen LogP contribution in [0.3, 0.4) is 0 Å². The van der Waals surface area contributed by atoms with Gasteiger partial charge in [0.1, 0.15) is 5.52 Å². The topological polar surface area (TPSA) is 79.5 Å². The lowest BCUT2D eigenvalue weighted by molar-refractivity contribution is -0.383. The molecule has 0 unspecified atom stereocenters. The zero-order valence-electron chi connectivity index (χ0n) is 12.0. The fourth-order valence-electron chi connectivity index (χ4n) is 2.35. The van der Waals surface area contributed by atoms with E-state index in [0.29, 0.717) is 0 Å². The van der Waals surface area contributed by atoms with E-state index in [-0.39, 0.29) is 28.8 Å². The van der Waals surface area contributed by atoms with Crippen molar-refractivity contribution >= 4 is 22.3 Å². The highest BCUT2D eigenvalue weighted by atomic mass is 19.1. The maximum Gasteiger partial charge on any atom is 0.281 e. The first-order valence-corrected chi connectivity index (χ1v) is 6.36. The molecule has 0 saturated carbocycles. The molecule has 0 aliphatic heterocycles. The Morgan fingerprint density at radius 3 is 2.76 bits per heavy atom. The van der Waals surface area contributed by atoms with Gasteiger partial charge < -0.3 is 10.0 Å². The predicted octanol–water partition coefficient (Wildman–Crippen LogP) is 2.49. The number of hydrogen-bond donors (Lipinski definition) is 1. The van der Waals surface area contributed by atoms with Gasteiger partial charge in [0.15, 0.2) is 5.82 Å². The molecule has 0 aliphatic rings. The Morgan fingerprint density at radius 1 is 1.52 bits per heavy atom. The molecule has 2 rings (SSSR count). The number of aromatic nitrogens is 1. The Labute approximate surface area is 121 Å². The Bertz CT molecular complexity index is 698. The molecule has 1 heterocycles. The number of aliphatic hydroxyl groups is 1. The average molecular weight is 293 g/mol. The third-order valence-electron chi connectivity index (χ3n) is 3.00. The molecule has 7 heteroatoms. The van der Waals surface area contributed by atoms with Crippen LogP contribution in [0.15, 0.2) is 24.4 Å². The van der Waals surface area contributed by atoms with Crippen LogP contribution in [0.5, 0.6) is 0 Å². The summed E-state index contributed by atoms with van der Waals surface area (Å²) in [6.07, 6.45) is 1.45. The van der Waals surface area contributed by atoms with E-state index in [4.69, 9.17) is 0 Å². The monoisotopic (exact) mass is 293 g/mol. The van der Waals surface area contributed by atoms with Crippen molar-refractivity contribution in [3.8, 4) is 0 Å². The molecule has 0 bridgehead atoms. The highest BCUT2D eigenvalue weighted by molar-refractivity contribution is 5.97. The molecule has 0 fully saturated rings. The normalized spacial score (nSPS) is 11.7. The third kappa shape index (κ3) is 3.08. The van der Waals surface area contributed by atoms with Crippen molar-refractivity contribution < 1.29 is 14.4 Å². The number of pyridine rings is 1. The second kappa shape index (κ2) is 5.25. The van der Waals surface area contributed by atoms with Gasteiger partial charge in [-0.05, 0) is 26.0 Å². The van der Waals surface area contributed by atoms with Gasteiger partial charge in [-0.25, -0.2) is 4.39 Å². The highest BCUT2D eigenvalue weighted by Gasteiger charge is 2.24. The van der Waals surface area contributed by atoms with Crippen molar-refractivity contribution in [3.05, 3.63) is 40.3 Å². The minimum Gasteiger partial charge on any atom is -0.389 e. The lowest BCUT2D eigenvalue weighted by Crippen LogP contribution is -2.36. The maximum atomic E-state index is 14.3. The fourth-order valence-corrected chi connectivity index (χ4v) is 2.35. The molecule has 21 heavy (non-hydrogen) atoms. The van der Waals surface area contributed by atoms with E-state index < -0.39 is 16.3 Å². The van der Waals surface area contributed by atoms with Crippen LogP contribution in [0.25, 0.3) is 10.9 Å². The third-order valence-corrected chi connectivity index (χ3v) is 3.00. The number of nitro benzene ring substituents is 1. The SMILES string of the molecule is CN(CC(C)(C)O)c1c(F)cc([N+](=O)[O-])c2cccnc12. The van der Waals surface area contributed by atoms with Crippen molar-refractivity contribution in [3.63, 3.8) is 0 Å². The van der Waals surface area contributed by atoms with Crippen LogP contribution in [-0.4, -0.2) is 34.2 Å². The molecule has 1 aromatic carbocycles. The van der Waals surface area contributed by atoms with E-state index >= 15 is 0 Å². The van der Waals surface area contributed by atoms with Crippen molar-refractivity contribution in [2.24, 2.45) is 0 Å². The molecule has 0 radical (unpaired) electrons. The van der Waals surface area contributed by atoms with Gasteiger partial charge in [-0.2, -0.15) is 0 Å². The van der Waals surface area contributed by atoms with E-state index in [1.165, 1.54) is 17.2 Å². The van der Waals surface area contributed by atoms with Gasteiger partial charge >= 0.3 is 0 Å². The second-order valence-corrected chi connectivity index (χ2v) is 5.55. The number of likely N-dealkylation sites (N-methyl/N-ethyl adjacent to an activating group) is 1. The summed E-state index contributed by atoms with van der Waals surface area (Å²) >= 11 is 0. The largest absolute Gasteiger partial charge is 0.389 e. The van der Waals surface area contributed by atoms with Crippen LogP contribution in [-0.2, 0) is 0 Å². The Morgan fingerprint density at radius 2 is 2.19 bits per heavy atom. The lowest BCUT2D eigenvalue weighted by atomic mass is 10.1. The number of anilines is 1. The van der Waals surface area contributed by atoms with Crippen LogP contribution < -0.4 is 4.90 Å². The van der Waals surface area contributed by atoms with Crippen molar-refractivity contribution in [2.75, 3.05) is 18.5 Å². The first-order valence-electron chi connectivity index (χ1n) is 6.36. The molecule has 0 saturated heterocycles. The quantitative estimate of drug-likeness (QED) is 0.692. The van der Waals surface area contributed by atoms with E-state index in [1.807, 2.05) is 0 Å². The molecule has 0 atom stereocenters. The number of rotatable bonds is 4. The van der Waals surface area contributed by atoms with Gasteiger partial charge in [-0.15, -0.1) is 0 Å². The highest BCUT2D eigenvalue weighted by Crippen LogP contribution is 2.34. The molecule has 0 amide bonds. The van der Waals surface area contributed by atoms with Crippen LogP contribution >= 0.6 is 0 Å². The number of non-ortho nitro benzene ring substituents is 1. The summed E-state index contributed by atoms with van der Waals surface area (Å²) in [4.78, 5) is 16.0. The smallest absolute Gasteiger partial charge is 0.281 e. The van der Waals surface area contributed by atoms with E-state index in [2.05, 4.69) is 4.98 Å². The van der Waals surface area contributed by atoms with E-state index in [9.17, 15) is 19.6 Å². The van der Waals surface area contributed by atoms with Gasteiger partial charge in [0.2, 0.25) is 0 Å². The fraction of sp³-hybridized carbons (Fsp3) is 0.357. The van der Waals surface area contributed by atoms with Crippen LogP contribution in [0, 0.1) is 15.9 Å². The lowest BCUT2D eigenvalue weighted by Gasteiger charge is -2.28. The molecule has 2 aromatic rings. The molecule has 6 nitrogen and oxygen atoms in total. The minimum atomic E-state index is -1.04. The first kappa shape index (κ1) is 15.1. The Balaban J connectivity index is 2.67. The van der Waals surface area contributed by atoms with E-state index in [1.54, 1.807) is 27.0 Å². The molecular weight excluding hydrogens is 277 g/mol. The number of benzene rings is 1. The van der Waals surface area contributed by atoms with Crippen molar-refractivity contribution in [1.29, 1.82) is 0 Å². The van der Waals surface area contributed by atoms with Crippen LogP contribution in [0.2, 0.25) is 0 Å². The number of nitro groups is 1. The standard InChI is InChI=1S/C14H16FN3O3/c1-14(2,19)8-17(3)13-10(15)7-11(18(20)21)9-5-4-6-16-12(9)13/h4-7,19H,8H2,1-3H3. The van der Waals surface area contributed by atoms with E-state index in [0.717, 1.165) is 6.07 Å². The molecule has 112 valence electrons. The summed E-state index contributed by atoms with van der Waals surface area (Å²) < 4.78 is 14.3. The average Bonchev–Trinajstić information content (AvgIpc) is 2.35. The van der Waals surface area contributed by atoms with Gasteiger partial charge in [0.05, 0.1) is 27.7 Å². The van der Waals surface area contributed by atoms with Crippen LogP contribution in [0.4, 0.5) is 15.8 Å². The van der Waals surface area contributed by atoms with Gasteiger partial charge in [0.25, 0.3) is 5.69 Å². The van der Waals surface area contributed by atoms with Gasteiger partial charge in [0, 0.05) is 19.8 Å². The Hall–Kier alpha value is -2.28. The summed E-state index contributed by atoms with van der Waals surface area (Å²) in [6, 6.07) is 3.98. The zero-order chi connectivity index (χ0) is 15.8. The zero-order valence-corrected chi connectivity index (χ0v) is 12.0. The minimum absolute atomic E-state index is 0.137. The number of fused-ring (bicyclic) bond motifs is 1. The maximum absolute atomic E-state index is 14.3. The number of nitrogens with zero attached hydrogens (tertiary/aromatic N) is 3. The molecule has 1 N–H and O–H groups in total. The molecule has 0 aliphatic carbocycles. The van der Waals surface area contributed by atoms with Crippen molar-refractivity contribution in [1.82, 2.24) is 4.98 Å². The molecule has 1 aromatic heterocycles. The summed E-state index contributed by atoms with van der Waals surface area (Å²) in [7, 11) is 1.61. The second-order valence-electron chi connectivity index (χ2n) is 5.55. The molecular formula is C14H16FN3O3. The summed E-state index contributed by atoms with van der Waals surface area (Å²) in [5, 5.41) is 21.2.